The van der Waals surface area contributed by atoms with E-state index in [4.69, 9.17) is 30.5 Å². The number of urea groups is 1. The van der Waals surface area contributed by atoms with Gasteiger partial charge in [-0.2, -0.15) is 0 Å². The van der Waals surface area contributed by atoms with Crippen LogP contribution in [0.1, 0.15) is 0 Å². The maximum absolute atomic E-state index is 12.3. The molecule has 4 aromatic rings. The second-order valence-electron chi connectivity index (χ2n) is 7.95. The maximum Gasteiger partial charge on any atom is 0.323 e. The molecule has 0 unspecified atom stereocenters. The van der Waals surface area contributed by atoms with Crippen LogP contribution in [0.25, 0.3) is 10.9 Å². The van der Waals surface area contributed by atoms with Crippen LogP contribution in [0.5, 0.6) is 17.2 Å². The lowest BCUT2D eigenvalue weighted by Crippen LogP contribution is -2.19. The molecule has 11 heteroatoms. The third-order valence-electron chi connectivity index (χ3n) is 5.43. The lowest BCUT2D eigenvalue weighted by atomic mass is 10.1. The van der Waals surface area contributed by atoms with Crippen LogP contribution in [-0.4, -0.2) is 49.5 Å². The average molecular weight is 522 g/mol. The molecule has 2 amide bonds. The molecule has 1 aliphatic rings. The molecule has 37 heavy (non-hydrogen) atoms. The molecule has 10 nitrogen and oxygen atoms in total. The van der Waals surface area contributed by atoms with Crippen LogP contribution in [-0.2, 0) is 4.74 Å². The second-order valence-corrected chi connectivity index (χ2v) is 8.36. The number of halogens is 1. The van der Waals surface area contributed by atoms with E-state index in [2.05, 4.69) is 25.9 Å². The van der Waals surface area contributed by atoms with Crippen molar-refractivity contribution in [2.45, 2.75) is 0 Å². The Labute approximate surface area is 217 Å². The van der Waals surface area contributed by atoms with E-state index in [1.807, 2.05) is 18.2 Å². The molecule has 0 fully saturated rings. The molecule has 0 saturated carbocycles. The van der Waals surface area contributed by atoms with Crippen molar-refractivity contribution >= 4 is 51.4 Å². The van der Waals surface area contributed by atoms with E-state index in [1.165, 1.54) is 6.33 Å². The van der Waals surface area contributed by atoms with Gasteiger partial charge >= 0.3 is 6.03 Å². The molecular weight excluding hydrogens is 498 g/mol. The summed E-state index contributed by atoms with van der Waals surface area (Å²) in [4.78, 5) is 21.2. The number of anilines is 4. The summed E-state index contributed by atoms with van der Waals surface area (Å²) in [6, 6.07) is 15.7. The topological polar surface area (TPSA) is 116 Å². The van der Waals surface area contributed by atoms with Gasteiger partial charge in [-0.15, -0.1) is 0 Å². The van der Waals surface area contributed by atoms with E-state index in [9.17, 15) is 4.79 Å². The minimum atomic E-state index is -0.400. The summed E-state index contributed by atoms with van der Waals surface area (Å²) in [7, 11) is 1.61. The number of aromatic nitrogens is 2. The summed E-state index contributed by atoms with van der Waals surface area (Å²) in [5.74, 6) is 2.03. The highest BCUT2D eigenvalue weighted by Gasteiger charge is 2.24. The van der Waals surface area contributed by atoms with Crippen molar-refractivity contribution in [3.8, 4) is 17.2 Å². The molecule has 0 spiro atoms. The van der Waals surface area contributed by atoms with E-state index in [0.717, 1.165) is 0 Å². The molecule has 0 bridgehead atoms. The van der Waals surface area contributed by atoms with E-state index < -0.39 is 6.03 Å². The Morgan fingerprint density at radius 1 is 0.973 bits per heavy atom. The number of ether oxygens (including phenoxy) is 4. The highest BCUT2D eigenvalue weighted by molar-refractivity contribution is 6.34. The van der Waals surface area contributed by atoms with Gasteiger partial charge in [-0.25, -0.2) is 14.8 Å². The predicted octanol–water partition coefficient (Wildman–Crippen LogP) is 5.47. The van der Waals surface area contributed by atoms with Crippen molar-refractivity contribution in [1.82, 2.24) is 9.97 Å². The van der Waals surface area contributed by atoms with Crippen molar-refractivity contribution in [3.63, 3.8) is 0 Å². The fourth-order valence-electron chi connectivity index (χ4n) is 3.78. The first kappa shape index (κ1) is 24.4. The fraction of sp³-hybridized carbons (Fsp3) is 0.192. The number of carbonyl (C=O) groups excluding carboxylic acids is 1. The van der Waals surface area contributed by atoms with Crippen LogP contribution < -0.4 is 30.2 Å². The number of carbonyl (C=O) groups is 1. The molecule has 3 aromatic carbocycles. The molecule has 0 radical (unpaired) electrons. The number of nitrogens with zero attached hydrogens (tertiary/aromatic N) is 2. The van der Waals surface area contributed by atoms with E-state index in [-0.39, 0.29) is 0 Å². The van der Waals surface area contributed by atoms with Gasteiger partial charge in [0.1, 0.15) is 32.0 Å². The van der Waals surface area contributed by atoms with Crippen molar-refractivity contribution in [2.75, 3.05) is 49.5 Å². The van der Waals surface area contributed by atoms with Crippen molar-refractivity contribution < 1.29 is 23.7 Å². The summed E-state index contributed by atoms with van der Waals surface area (Å²) in [6.07, 6.45) is 1.45. The zero-order valence-electron chi connectivity index (χ0n) is 19.9. The molecule has 5 rings (SSSR count). The van der Waals surface area contributed by atoms with Gasteiger partial charge in [0.05, 0.1) is 28.2 Å². The summed E-state index contributed by atoms with van der Waals surface area (Å²) >= 11 is 6.47. The number of hydrogen-bond acceptors (Lipinski definition) is 8. The van der Waals surface area contributed by atoms with E-state index >= 15 is 0 Å². The van der Waals surface area contributed by atoms with Crippen molar-refractivity contribution in [2.24, 2.45) is 0 Å². The normalized spacial score (nSPS) is 12.2. The summed E-state index contributed by atoms with van der Waals surface area (Å²) in [5.41, 5.74) is 2.41. The van der Waals surface area contributed by atoms with Gasteiger partial charge in [-0.1, -0.05) is 29.8 Å². The van der Waals surface area contributed by atoms with Crippen LogP contribution >= 0.6 is 11.6 Å². The molecule has 1 aliphatic heterocycles. The SMILES string of the molecule is COCCOc1cc2ncnc(Nc3ccc(NC(=O)Nc4ccccc4)c(Cl)c3)c2c2c1OCCO2. The average Bonchev–Trinajstić information content (AvgIpc) is 2.91. The van der Waals surface area contributed by atoms with Crippen LogP contribution in [0.15, 0.2) is 60.9 Å². The predicted molar refractivity (Wildman–Crippen MR) is 142 cm³/mol. The maximum atomic E-state index is 12.3. The van der Waals surface area contributed by atoms with Gasteiger partial charge in [0.25, 0.3) is 0 Å². The number of para-hydroxylation sites is 1. The second kappa shape index (κ2) is 11.2. The number of methoxy groups -OCH3 is 1. The van der Waals surface area contributed by atoms with Crippen LogP contribution in [0.2, 0.25) is 5.02 Å². The molecular formula is C26H24ClN5O5. The monoisotopic (exact) mass is 521 g/mol. The standard InChI is InChI=1S/C26H24ClN5O5/c1-34-9-10-35-21-14-20-22(24-23(21)36-11-12-37-24)25(29-15-28-20)30-17-7-8-19(18(27)13-17)32-26(33)31-16-5-3-2-4-6-16/h2-8,13-15H,9-12H2,1H3,(H,28,29,30)(H2,31,32,33). The van der Waals surface area contributed by atoms with Crippen LogP contribution in [0.4, 0.5) is 27.7 Å². The quantitative estimate of drug-likeness (QED) is 0.261. The lowest BCUT2D eigenvalue weighted by molar-refractivity contribution is 0.134. The Balaban J connectivity index is 1.38. The Morgan fingerprint density at radius 3 is 2.57 bits per heavy atom. The third kappa shape index (κ3) is 5.60. The zero-order chi connectivity index (χ0) is 25.6. The Bertz CT molecular complexity index is 1420. The molecule has 190 valence electrons. The summed E-state index contributed by atoms with van der Waals surface area (Å²) in [5, 5.41) is 9.78. The molecule has 1 aromatic heterocycles. The molecule has 0 saturated heterocycles. The number of nitrogens with one attached hydrogen (secondary N) is 3. The number of hydrogen-bond donors (Lipinski definition) is 3. The zero-order valence-corrected chi connectivity index (χ0v) is 20.7. The molecule has 2 heterocycles. The summed E-state index contributed by atoms with van der Waals surface area (Å²) < 4.78 is 22.7. The van der Waals surface area contributed by atoms with Gasteiger partial charge in [-0.05, 0) is 30.3 Å². The minimum Gasteiger partial charge on any atom is -0.487 e. The van der Waals surface area contributed by atoms with Gasteiger partial charge < -0.3 is 34.9 Å². The van der Waals surface area contributed by atoms with Crippen LogP contribution in [0.3, 0.4) is 0 Å². The highest BCUT2D eigenvalue weighted by Crippen LogP contribution is 2.47. The third-order valence-corrected chi connectivity index (χ3v) is 5.75. The summed E-state index contributed by atoms with van der Waals surface area (Å²) in [6.45, 7) is 1.58. The smallest absolute Gasteiger partial charge is 0.323 e. The van der Waals surface area contributed by atoms with Crippen molar-refractivity contribution in [3.05, 3.63) is 65.9 Å². The first-order chi connectivity index (χ1) is 18.1. The first-order valence-corrected chi connectivity index (χ1v) is 11.9. The number of rotatable bonds is 8. The number of benzene rings is 3. The lowest BCUT2D eigenvalue weighted by Gasteiger charge is -2.23. The fourth-order valence-corrected chi connectivity index (χ4v) is 4.01. The Morgan fingerprint density at radius 2 is 1.78 bits per heavy atom. The van der Waals surface area contributed by atoms with Crippen molar-refractivity contribution in [1.29, 1.82) is 0 Å². The Hall–Kier alpha value is -4.28. The Kier molecular flexibility index (Phi) is 7.38. The van der Waals surface area contributed by atoms with Crippen LogP contribution in [0, 0.1) is 0 Å². The van der Waals surface area contributed by atoms with Gasteiger partial charge in [0.2, 0.25) is 5.75 Å². The molecule has 0 atom stereocenters. The largest absolute Gasteiger partial charge is 0.487 e. The van der Waals surface area contributed by atoms with Gasteiger partial charge in [0.15, 0.2) is 11.5 Å². The van der Waals surface area contributed by atoms with E-state index in [0.29, 0.717) is 82.5 Å². The van der Waals surface area contributed by atoms with Gasteiger partial charge in [-0.3, -0.25) is 0 Å². The number of fused-ring (bicyclic) bond motifs is 3. The first-order valence-electron chi connectivity index (χ1n) is 11.5. The molecule has 3 N–H and O–H groups in total. The van der Waals surface area contributed by atoms with Gasteiger partial charge in [0, 0.05) is 24.6 Å². The minimum absolute atomic E-state index is 0.349. The highest BCUT2D eigenvalue weighted by atomic mass is 35.5. The van der Waals surface area contributed by atoms with E-state index in [1.54, 1.807) is 43.5 Å². The number of amides is 2. The molecule has 0 aliphatic carbocycles.